The zero-order chi connectivity index (χ0) is 28.6. The molecule has 10 heteroatoms. The third-order valence-electron chi connectivity index (χ3n) is 6.08. The van der Waals surface area contributed by atoms with Gasteiger partial charge in [0.2, 0.25) is 11.8 Å². The molecule has 0 aliphatic carbocycles. The standard InChI is InChI=1S/C29H34ClN3O5S/c1-21(2)18-31-29(35)22(3)32(19-23-11-7-5-8-12-23)28(34)20-33(24-15-16-27(38-4)26(30)17-24)39(36,37)25-13-9-6-10-14-25/h5-17,21-22H,18-20H2,1-4H3,(H,31,35)/t22-/m0/s1. The maximum absolute atomic E-state index is 13.9. The van der Waals surface area contributed by atoms with Crippen LogP contribution in [0.1, 0.15) is 26.3 Å². The lowest BCUT2D eigenvalue weighted by Crippen LogP contribution is -2.51. The fraction of sp³-hybridized carbons (Fsp3) is 0.310. The third kappa shape index (κ3) is 7.74. The molecule has 0 spiro atoms. The molecule has 0 bridgehead atoms. The van der Waals surface area contributed by atoms with Crippen LogP contribution in [-0.2, 0) is 26.2 Å². The van der Waals surface area contributed by atoms with Gasteiger partial charge in [-0.25, -0.2) is 8.42 Å². The number of methoxy groups -OCH3 is 1. The summed E-state index contributed by atoms with van der Waals surface area (Å²) < 4.78 is 33.8. The van der Waals surface area contributed by atoms with Crippen LogP contribution in [0.2, 0.25) is 5.02 Å². The summed E-state index contributed by atoms with van der Waals surface area (Å²) in [5.41, 5.74) is 0.994. The molecule has 0 saturated carbocycles. The number of hydrogen-bond donors (Lipinski definition) is 1. The monoisotopic (exact) mass is 571 g/mol. The maximum Gasteiger partial charge on any atom is 0.264 e. The van der Waals surface area contributed by atoms with Crippen LogP contribution in [0.3, 0.4) is 0 Å². The van der Waals surface area contributed by atoms with E-state index in [0.29, 0.717) is 12.3 Å². The second kappa shape index (κ2) is 13.5. The molecule has 208 valence electrons. The van der Waals surface area contributed by atoms with Crippen molar-refractivity contribution in [1.82, 2.24) is 10.2 Å². The number of benzene rings is 3. The molecule has 0 unspecified atom stereocenters. The number of hydrogen-bond acceptors (Lipinski definition) is 5. The lowest BCUT2D eigenvalue weighted by Gasteiger charge is -2.32. The number of nitrogens with one attached hydrogen (secondary N) is 1. The molecule has 0 aliphatic rings. The van der Waals surface area contributed by atoms with E-state index in [4.69, 9.17) is 16.3 Å². The molecule has 0 fully saturated rings. The van der Waals surface area contributed by atoms with Gasteiger partial charge in [0.15, 0.2) is 0 Å². The molecule has 3 aromatic rings. The van der Waals surface area contributed by atoms with Gasteiger partial charge in [-0.1, -0.05) is 74.0 Å². The normalized spacial score (nSPS) is 12.1. The third-order valence-corrected chi connectivity index (χ3v) is 8.16. The predicted molar refractivity (Wildman–Crippen MR) is 153 cm³/mol. The molecule has 1 N–H and O–H groups in total. The van der Waals surface area contributed by atoms with Crippen molar-refractivity contribution in [3.05, 3.63) is 89.4 Å². The van der Waals surface area contributed by atoms with Crippen LogP contribution >= 0.6 is 11.6 Å². The molecule has 0 radical (unpaired) electrons. The van der Waals surface area contributed by atoms with E-state index in [1.807, 2.05) is 44.2 Å². The summed E-state index contributed by atoms with van der Waals surface area (Å²) in [4.78, 5) is 28.3. The van der Waals surface area contributed by atoms with Crippen LogP contribution in [0.25, 0.3) is 0 Å². The Bertz CT molecular complexity index is 1370. The first-order valence-electron chi connectivity index (χ1n) is 12.6. The fourth-order valence-corrected chi connectivity index (χ4v) is 5.55. The Labute approximate surface area is 235 Å². The highest BCUT2D eigenvalue weighted by Gasteiger charge is 2.32. The Balaban J connectivity index is 2.02. The fourth-order valence-electron chi connectivity index (χ4n) is 3.87. The van der Waals surface area contributed by atoms with Crippen LogP contribution in [0.15, 0.2) is 83.8 Å². The summed E-state index contributed by atoms with van der Waals surface area (Å²) in [5, 5.41) is 3.06. The topological polar surface area (TPSA) is 96.0 Å². The lowest BCUT2D eigenvalue weighted by atomic mass is 10.1. The van der Waals surface area contributed by atoms with Crippen molar-refractivity contribution < 1.29 is 22.7 Å². The first-order valence-corrected chi connectivity index (χ1v) is 14.4. The van der Waals surface area contributed by atoms with Gasteiger partial charge in [-0.2, -0.15) is 0 Å². The van der Waals surface area contributed by atoms with E-state index in [0.717, 1.165) is 9.87 Å². The van der Waals surface area contributed by atoms with Gasteiger partial charge in [-0.05, 0) is 48.7 Å². The molecule has 3 aromatic carbocycles. The number of carbonyl (C=O) groups excluding carboxylic acids is 2. The molecule has 8 nitrogen and oxygen atoms in total. The van der Waals surface area contributed by atoms with Gasteiger partial charge in [0, 0.05) is 13.1 Å². The number of sulfonamides is 1. The number of rotatable bonds is 12. The van der Waals surface area contributed by atoms with E-state index < -0.39 is 28.5 Å². The summed E-state index contributed by atoms with van der Waals surface area (Å²) in [7, 11) is -2.72. The number of nitrogens with zero attached hydrogens (tertiary/aromatic N) is 2. The number of ether oxygens (including phenoxy) is 1. The van der Waals surface area contributed by atoms with E-state index in [-0.39, 0.29) is 34.0 Å². The summed E-state index contributed by atoms with van der Waals surface area (Å²) in [6.07, 6.45) is 0. The van der Waals surface area contributed by atoms with Crippen molar-refractivity contribution >= 4 is 39.1 Å². The molecule has 3 rings (SSSR count). The Hall–Kier alpha value is -3.56. The van der Waals surface area contributed by atoms with Crippen LogP contribution < -0.4 is 14.4 Å². The number of halogens is 1. The van der Waals surface area contributed by atoms with Crippen molar-refractivity contribution in [2.24, 2.45) is 5.92 Å². The molecule has 2 amide bonds. The molecular formula is C29H34ClN3O5S. The minimum absolute atomic E-state index is 0.0158. The summed E-state index contributed by atoms with van der Waals surface area (Å²) >= 11 is 6.33. The predicted octanol–water partition coefficient (Wildman–Crippen LogP) is 4.73. The maximum atomic E-state index is 13.9. The molecule has 1 atom stereocenters. The van der Waals surface area contributed by atoms with E-state index in [2.05, 4.69) is 5.32 Å². The molecule has 0 heterocycles. The zero-order valence-corrected chi connectivity index (χ0v) is 24.1. The summed E-state index contributed by atoms with van der Waals surface area (Å²) in [6, 6.07) is 20.7. The highest BCUT2D eigenvalue weighted by molar-refractivity contribution is 7.92. The van der Waals surface area contributed by atoms with Gasteiger partial charge >= 0.3 is 0 Å². The van der Waals surface area contributed by atoms with E-state index in [9.17, 15) is 18.0 Å². The van der Waals surface area contributed by atoms with Crippen molar-refractivity contribution in [1.29, 1.82) is 0 Å². The van der Waals surface area contributed by atoms with Gasteiger partial charge in [0.05, 0.1) is 22.7 Å². The van der Waals surface area contributed by atoms with Crippen LogP contribution in [0.4, 0.5) is 5.69 Å². The van der Waals surface area contributed by atoms with Gasteiger partial charge < -0.3 is 15.0 Å². The highest BCUT2D eigenvalue weighted by atomic mass is 35.5. The first kappa shape index (κ1) is 30.0. The van der Waals surface area contributed by atoms with Gasteiger partial charge in [-0.3, -0.25) is 13.9 Å². The van der Waals surface area contributed by atoms with Crippen molar-refractivity contribution in [2.75, 3.05) is 24.5 Å². The summed E-state index contributed by atoms with van der Waals surface area (Å²) in [6.45, 7) is 5.62. The second-order valence-corrected chi connectivity index (χ2v) is 11.7. The van der Waals surface area contributed by atoms with E-state index in [1.165, 1.54) is 36.3 Å². The van der Waals surface area contributed by atoms with E-state index in [1.54, 1.807) is 31.2 Å². The van der Waals surface area contributed by atoms with Gasteiger partial charge in [-0.15, -0.1) is 0 Å². The second-order valence-electron chi connectivity index (χ2n) is 9.47. The van der Waals surface area contributed by atoms with Crippen molar-refractivity contribution in [3.63, 3.8) is 0 Å². The number of anilines is 1. The average Bonchev–Trinajstić information content (AvgIpc) is 2.93. The number of carbonyl (C=O) groups is 2. The number of amides is 2. The first-order chi connectivity index (χ1) is 18.5. The molecular weight excluding hydrogens is 538 g/mol. The highest BCUT2D eigenvalue weighted by Crippen LogP contribution is 2.32. The molecule has 0 aliphatic heterocycles. The van der Waals surface area contributed by atoms with Crippen molar-refractivity contribution in [2.45, 2.75) is 38.3 Å². The molecule has 0 saturated heterocycles. The quantitative estimate of drug-likeness (QED) is 0.339. The largest absolute Gasteiger partial charge is 0.495 e. The minimum atomic E-state index is -4.17. The minimum Gasteiger partial charge on any atom is -0.495 e. The van der Waals surface area contributed by atoms with Crippen LogP contribution in [-0.4, -0.2) is 51.4 Å². The SMILES string of the molecule is COc1ccc(N(CC(=O)N(Cc2ccccc2)[C@@H](C)C(=O)NCC(C)C)S(=O)(=O)c2ccccc2)cc1Cl. The Morgan fingerprint density at radius 1 is 0.949 bits per heavy atom. The van der Waals surface area contributed by atoms with E-state index >= 15 is 0 Å². The Morgan fingerprint density at radius 3 is 2.13 bits per heavy atom. The molecule has 39 heavy (non-hydrogen) atoms. The molecule has 0 aromatic heterocycles. The Kier molecular flexibility index (Phi) is 10.4. The smallest absolute Gasteiger partial charge is 0.264 e. The Morgan fingerprint density at radius 2 is 1.56 bits per heavy atom. The van der Waals surface area contributed by atoms with Crippen molar-refractivity contribution in [3.8, 4) is 5.75 Å². The van der Waals surface area contributed by atoms with Crippen LogP contribution in [0, 0.1) is 5.92 Å². The summed E-state index contributed by atoms with van der Waals surface area (Å²) in [5.74, 6) is -0.272. The average molecular weight is 572 g/mol. The lowest BCUT2D eigenvalue weighted by molar-refractivity contribution is -0.139. The zero-order valence-electron chi connectivity index (χ0n) is 22.5. The van der Waals surface area contributed by atoms with Gasteiger partial charge in [0.1, 0.15) is 18.3 Å². The van der Waals surface area contributed by atoms with Gasteiger partial charge in [0.25, 0.3) is 10.0 Å². The van der Waals surface area contributed by atoms with Crippen LogP contribution in [0.5, 0.6) is 5.75 Å².